The summed E-state index contributed by atoms with van der Waals surface area (Å²) < 4.78 is 37.3. The Morgan fingerprint density at radius 3 is 2.27 bits per heavy atom. The average Bonchev–Trinajstić information content (AvgIpc) is 3.43. The Hall–Kier alpha value is -2.08. The van der Waals surface area contributed by atoms with E-state index >= 15 is 0 Å². The number of nitrogens with zero attached hydrogens (tertiary/aromatic N) is 1. The summed E-state index contributed by atoms with van der Waals surface area (Å²) in [6, 6.07) is 7.02. The average molecular weight is 628 g/mol. The summed E-state index contributed by atoms with van der Waals surface area (Å²) in [6.45, 7) is 5.86. The van der Waals surface area contributed by atoms with Crippen LogP contribution < -0.4 is 4.74 Å². The molecule has 10 heteroatoms. The van der Waals surface area contributed by atoms with E-state index in [-0.39, 0.29) is 47.2 Å². The molecule has 248 valence electrons. The lowest BCUT2D eigenvalue weighted by molar-refractivity contribution is -0.277. The van der Waals surface area contributed by atoms with Gasteiger partial charge in [0.25, 0.3) is 0 Å². The number of likely N-dealkylation sites (tertiary alicyclic amines) is 1. The summed E-state index contributed by atoms with van der Waals surface area (Å²) >= 11 is 0. The van der Waals surface area contributed by atoms with Crippen LogP contribution in [-0.4, -0.2) is 113 Å². The van der Waals surface area contributed by atoms with Crippen molar-refractivity contribution in [3.05, 3.63) is 29.8 Å². The van der Waals surface area contributed by atoms with Gasteiger partial charge in [0.15, 0.2) is 5.78 Å². The molecule has 7 bridgehead atoms. The number of hydrogen-bond acceptors (Lipinski definition) is 10. The van der Waals surface area contributed by atoms with Gasteiger partial charge in [0.2, 0.25) is 0 Å². The Balaban J connectivity index is 1.52. The molecule has 1 heterocycles. The number of rotatable bonds is 10. The second kappa shape index (κ2) is 10.7. The van der Waals surface area contributed by atoms with Crippen molar-refractivity contribution in [2.45, 2.75) is 75.1 Å². The van der Waals surface area contributed by atoms with Gasteiger partial charge in [0.1, 0.15) is 17.0 Å². The molecule has 6 aliphatic rings. The van der Waals surface area contributed by atoms with Crippen LogP contribution in [0.1, 0.15) is 49.9 Å². The second-order valence-electron chi connectivity index (χ2n) is 14.6. The van der Waals surface area contributed by atoms with Crippen LogP contribution in [0, 0.1) is 40.4 Å². The zero-order chi connectivity index (χ0) is 32.1. The molecule has 13 atom stereocenters. The first-order valence-electron chi connectivity index (χ1n) is 16.5. The van der Waals surface area contributed by atoms with Crippen LogP contribution in [0.15, 0.2) is 24.3 Å². The van der Waals surface area contributed by atoms with E-state index in [4.69, 9.17) is 28.4 Å². The fourth-order valence-electron chi connectivity index (χ4n) is 12.7. The minimum absolute atomic E-state index is 0.0227. The van der Waals surface area contributed by atoms with Gasteiger partial charge in [0, 0.05) is 88.5 Å². The number of methoxy groups -OCH3 is 5. The number of fused-ring (bicyclic) bond motifs is 2. The van der Waals surface area contributed by atoms with E-state index in [1.54, 1.807) is 59.8 Å². The summed E-state index contributed by atoms with van der Waals surface area (Å²) in [4.78, 5) is 30.7. The summed E-state index contributed by atoms with van der Waals surface area (Å²) in [5, 5.41) is 12.9. The summed E-state index contributed by atoms with van der Waals surface area (Å²) in [6.07, 6.45) is 1.28. The first-order valence-corrected chi connectivity index (χ1v) is 16.5. The first kappa shape index (κ1) is 31.5. The zero-order valence-electron chi connectivity index (χ0n) is 27.6. The quantitative estimate of drug-likeness (QED) is 0.307. The number of carbonyl (C=O) groups is 2. The second-order valence-corrected chi connectivity index (χ2v) is 14.6. The third-order valence-corrected chi connectivity index (χ3v) is 13.5. The molecule has 0 aromatic heterocycles. The molecule has 1 aromatic carbocycles. The maximum Gasteiger partial charge on any atom is 0.303 e. The van der Waals surface area contributed by atoms with Gasteiger partial charge in [-0.2, -0.15) is 0 Å². The summed E-state index contributed by atoms with van der Waals surface area (Å²) in [5.41, 5.74) is -2.76. The van der Waals surface area contributed by atoms with E-state index < -0.39 is 40.5 Å². The molecule has 1 saturated heterocycles. The molecule has 5 aliphatic carbocycles. The standard InChI is InChI=1S/C35H49NO9/c1-8-36-17-32(18-40-3)14-13-23(42-5)35-22-15-33(39)24(43-6)16-34(45-19(2)37,27(31(35)36)29(44-7)30(32)35)25(22)26(33)28(38)20-9-11-21(41-4)12-10-20/h9-12,22-27,29-31,39H,8,13-18H2,1-7H3/t22-,23+,24-,25+,26-,27-,29-,30+,31-,32+,33-,34-,35?/m1/s1. The smallest absolute Gasteiger partial charge is 0.303 e. The molecular weight excluding hydrogens is 578 g/mol. The van der Waals surface area contributed by atoms with E-state index in [1.165, 1.54) is 6.92 Å². The summed E-state index contributed by atoms with van der Waals surface area (Å²) in [7, 11) is 8.52. The Bertz CT molecular complexity index is 1340. The van der Waals surface area contributed by atoms with Gasteiger partial charge in [0.05, 0.1) is 37.9 Å². The van der Waals surface area contributed by atoms with Crippen LogP contribution in [0.25, 0.3) is 0 Å². The normalized spacial score (nSPS) is 47.4. The SMILES string of the molecule is CCN1C[C@]2(COC)CC[C@H](OC)C34[C@@H]5C[C@@]6(O)[C@H](OC)C[C@](OC(C)=O)([C@H]([C@@H](OC)[C@H]32)[C@@H]14)[C@@H]5[C@@H]6C(=O)c1ccc(OC)cc1. The number of benzene rings is 1. The molecule has 0 radical (unpaired) electrons. The largest absolute Gasteiger partial charge is 0.497 e. The Morgan fingerprint density at radius 1 is 0.978 bits per heavy atom. The monoisotopic (exact) mass is 627 g/mol. The number of ether oxygens (including phenoxy) is 6. The van der Waals surface area contributed by atoms with Crippen LogP contribution in [0.4, 0.5) is 0 Å². The van der Waals surface area contributed by atoms with Gasteiger partial charge in [-0.05, 0) is 56.0 Å². The molecule has 6 fully saturated rings. The lowest BCUT2D eigenvalue weighted by atomic mass is 9.42. The first-order chi connectivity index (χ1) is 21.6. The van der Waals surface area contributed by atoms with Gasteiger partial charge < -0.3 is 33.5 Å². The molecule has 7 rings (SSSR count). The van der Waals surface area contributed by atoms with E-state index in [2.05, 4.69) is 11.8 Å². The van der Waals surface area contributed by atoms with E-state index in [0.717, 1.165) is 25.9 Å². The van der Waals surface area contributed by atoms with Crippen LogP contribution in [0.5, 0.6) is 5.75 Å². The van der Waals surface area contributed by atoms with Crippen LogP contribution >= 0.6 is 0 Å². The van der Waals surface area contributed by atoms with E-state index in [9.17, 15) is 14.7 Å². The fourth-order valence-corrected chi connectivity index (χ4v) is 12.7. The Labute approximate surface area is 266 Å². The molecule has 5 saturated carbocycles. The van der Waals surface area contributed by atoms with Crippen molar-refractivity contribution < 1.29 is 43.1 Å². The van der Waals surface area contributed by atoms with Crippen molar-refractivity contribution in [1.82, 2.24) is 4.90 Å². The highest BCUT2D eigenvalue weighted by Gasteiger charge is 2.89. The van der Waals surface area contributed by atoms with Gasteiger partial charge in [-0.15, -0.1) is 0 Å². The molecule has 1 spiro atoms. The molecule has 1 aliphatic heterocycles. The zero-order valence-corrected chi connectivity index (χ0v) is 27.6. The van der Waals surface area contributed by atoms with Gasteiger partial charge in [-0.1, -0.05) is 6.92 Å². The maximum absolute atomic E-state index is 14.8. The van der Waals surface area contributed by atoms with Crippen molar-refractivity contribution in [3.8, 4) is 5.75 Å². The van der Waals surface area contributed by atoms with Gasteiger partial charge >= 0.3 is 5.97 Å². The molecular formula is C35H49NO9. The molecule has 45 heavy (non-hydrogen) atoms. The number of aliphatic hydroxyl groups is 1. The third kappa shape index (κ3) is 3.72. The summed E-state index contributed by atoms with van der Waals surface area (Å²) in [5.74, 6) is -1.66. The minimum atomic E-state index is -1.46. The van der Waals surface area contributed by atoms with Crippen LogP contribution in [0.3, 0.4) is 0 Å². The number of piperidine rings is 1. The number of Topliss-reactive ketones (excluding diaryl/α,β-unsaturated/α-hetero) is 1. The highest BCUT2D eigenvalue weighted by Crippen LogP contribution is 2.81. The molecule has 0 amide bonds. The number of esters is 1. The lowest BCUT2D eigenvalue weighted by Crippen LogP contribution is -2.77. The van der Waals surface area contributed by atoms with Crippen molar-refractivity contribution >= 4 is 11.8 Å². The lowest BCUT2D eigenvalue weighted by Gasteiger charge is -2.69. The third-order valence-electron chi connectivity index (χ3n) is 13.5. The van der Waals surface area contributed by atoms with E-state index in [1.807, 2.05) is 0 Å². The Kier molecular flexibility index (Phi) is 7.51. The number of hydrogen-bond donors (Lipinski definition) is 1. The van der Waals surface area contributed by atoms with Crippen molar-refractivity contribution in [3.63, 3.8) is 0 Å². The molecule has 10 nitrogen and oxygen atoms in total. The fraction of sp³-hybridized carbons (Fsp3) is 0.771. The highest BCUT2D eigenvalue weighted by atomic mass is 16.6. The predicted octanol–water partition coefficient (Wildman–Crippen LogP) is 2.99. The molecule has 1 unspecified atom stereocenters. The molecule has 1 N–H and O–H groups in total. The van der Waals surface area contributed by atoms with Gasteiger partial charge in [-0.25, -0.2) is 0 Å². The number of ketones is 1. The van der Waals surface area contributed by atoms with Crippen molar-refractivity contribution in [2.24, 2.45) is 40.4 Å². The van der Waals surface area contributed by atoms with Crippen molar-refractivity contribution in [1.29, 1.82) is 0 Å². The van der Waals surface area contributed by atoms with Crippen LogP contribution in [-0.2, 0) is 28.5 Å². The maximum atomic E-state index is 14.8. The van der Waals surface area contributed by atoms with E-state index in [0.29, 0.717) is 30.8 Å². The minimum Gasteiger partial charge on any atom is -0.497 e. The van der Waals surface area contributed by atoms with Gasteiger partial charge in [-0.3, -0.25) is 14.5 Å². The molecule has 1 aromatic rings. The van der Waals surface area contributed by atoms with Crippen molar-refractivity contribution in [2.75, 3.05) is 55.2 Å². The topological polar surface area (TPSA) is 113 Å². The number of carbonyl (C=O) groups excluding carboxylic acids is 2. The highest BCUT2D eigenvalue weighted by molar-refractivity contribution is 5.99. The Morgan fingerprint density at radius 2 is 1.69 bits per heavy atom. The predicted molar refractivity (Wildman–Crippen MR) is 163 cm³/mol. The van der Waals surface area contributed by atoms with Crippen LogP contribution in [0.2, 0.25) is 0 Å².